The van der Waals surface area contributed by atoms with Gasteiger partial charge in [-0.25, -0.2) is 12.7 Å². The Morgan fingerprint density at radius 2 is 1.76 bits per heavy atom. The van der Waals surface area contributed by atoms with Crippen LogP contribution in [0.2, 0.25) is 0 Å². The van der Waals surface area contributed by atoms with Gasteiger partial charge in [-0.05, 0) is 29.1 Å². The van der Waals surface area contributed by atoms with Gasteiger partial charge in [-0.15, -0.1) is 0 Å². The first-order valence-electron chi connectivity index (χ1n) is 8.77. The van der Waals surface area contributed by atoms with Crippen molar-refractivity contribution < 1.29 is 17.9 Å². The molecule has 3 aromatic rings. The Morgan fingerprint density at radius 1 is 1.14 bits per heavy atom. The number of ether oxygens (including phenoxy) is 2. The number of nitrogens with zero attached hydrogens (tertiary/aromatic N) is 3. The molecule has 1 aromatic carbocycles. The van der Waals surface area contributed by atoms with Crippen LogP contribution in [-0.2, 0) is 23.6 Å². The Balaban J connectivity index is 2.25. The molecule has 0 spiro atoms. The second kappa shape index (κ2) is 7.84. The summed E-state index contributed by atoms with van der Waals surface area (Å²) in [6.45, 7) is 0.101. The number of fused-ring (bicyclic) bond motifs is 1. The van der Waals surface area contributed by atoms with Crippen LogP contribution in [0.1, 0.15) is 5.56 Å². The van der Waals surface area contributed by atoms with Crippen LogP contribution in [0.4, 0.5) is 0 Å². The van der Waals surface area contributed by atoms with Gasteiger partial charge in [0.05, 0.1) is 31.4 Å². The van der Waals surface area contributed by atoms with Gasteiger partial charge in [-0.2, -0.15) is 0 Å². The third-order valence-corrected chi connectivity index (χ3v) is 6.11. The molecule has 0 fully saturated rings. The highest BCUT2D eigenvalue weighted by Crippen LogP contribution is 2.37. The summed E-state index contributed by atoms with van der Waals surface area (Å²) in [6.07, 6.45) is 6.08. The molecule has 0 N–H and O–H groups in total. The van der Waals surface area contributed by atoms with Crippen LogP contribution in [0.15, 0.2) is 41.6 Å². The number of pyridine rings is 2. The van der Waals surface area contributed by atoms with Crippen LogP contribution >= 0.6 is 0 Å². The second-order valence-electron chi connectivity index (χ2n) is 6.76. The standard InChI is InChI=1S/C20H23N3O5S/c1-22-11-16(14-6-7-21-10-15(14)20(22)24)13-8-18(27-3)17(19(9-13)28-4)12-23(2)29(5,25)26/h6-11H,12H2,1-5H3. The van der Waals surface area contributed by atoms with Gasteiger partial charge in [-0.3, -0.25) is 9.78 Å². The molecule has 0 aliphatic heterocycles. The van der Waals surface area contributed by atoms with E-state index in [4.69, 9.17) is 9.47 Å². The number of benzene rings is 1. The van der Waals surface area contributed by atoms with E-state index in [1.807, 2.05) is 12.1 Å². The third-order valence-electron chi connectivity index (χ3n) is 4.85. The summed E-state index contributed by atoms with van der Waals surface area (Å²) in [5.41, 5.74) is 2.06. The molecule has 8 nitrogen and oxygen atoms in total. The van der Waals surface area contributed by atoms with Crippen LogP contribution < -0.4 is 15.0 Å². The predicted octanol–water partition coefficient (Wildman–Crippen LogP) is 2.01. The molecule has 0 unspecified atom stereocenters. The Hall–Kier alpha value is -2.91. The molecule has 0 bridgehead atoms. The summed E-state index contributed by atoms with van der Waals surface area (Å²) in [6, 6.07) is 5.41. The van der Waals surface area contributed by atoms with Gasteiger partial charge in [0, 0.05) is 44.8 Å². The number of rotatable bonds is 6. The summed E-state index contributed by atoms with van der Waals surface area (Å²) in [5.74, 6) is 0.983. The molecule has 0 atom stereocenters. The number of hydrogen-bond acceptors (Lipinski definition) is 6. The third kappa shape index (κ3) is 3.96. The molecule has 0 amide bonds. The van der Waals surface area contributed by atoms with E-state index in [0.717, 1.165) is 22.8 Å². The maximum Gasteiger partial charge on any atom is 0.259 e. The Bertz CT molecular complexity index is 1210. The molecule has 2 heterocycles. The Kier molecular flexibility index (Phi) is 5.63. The van der Waals surface area contributed by atoms with Gasteiger partial charge < -0.3 is 14.0 Å². The summed E-state index contributed by atoms with van der Waals surface area (Å²) >= 11 is 0. The Labute approximate surface area is 169 Å². The van der Waals surface area contributed by atoms with E-state index < -0.39 is 10.0 Å². The first kappa shape index (κ1) is 20.8. The number of hydrogen-bond donors (Lipinski definition) is 0. The molecular formula is C20H23N3O5S. The van der Waals surface area contributed by atoms with Crippen molar-refractivity contribution in [1.82, 2.24) is 13.9 Å². The molecular weight excluding hydrogens is 394 g/mol. The van der Waals surface area contributed by atoms with E-state index in [9.17, 15) is 13.2 Å². The quantitative estimate of drug-likeness (QED) is 0.609. The molecule has 0 radical (unpaired) electrons. The van der Waals surface area contributed by atoms with Crippen LogP contribution in [0, 0.1) is 0 Å². The molecule has 0 aliphatic carbocycles. The largest absolute Gasteiger partial charge is 0.496 e. The van der Waals surface area contributed by atoms with Gasteiger partial charge in [0.25, 0.3) is 5.56 Å². The van der Waals surface area contributed by atoms with Crippen LogP contribution in [0.5, 0.6) is 11.5 Å². The van der Waals surface area contributed by atoms with Crippen LogP contribution in [-0.4, -0.2) is 49.8 Å². The van der Waals surface area contributed by atoms with Crippen LogP contribution in [0.3, 0.4) is 0 Å². The van der Waals surface area contributed by atoms with Crippen molar-refractivity contribution in [3.8, 4) is 22.6 Å². The molecule has 2 aromatic heterocycles. The van der Waals surface area contributed by atoms with E-state index in [1.54, 1.807) is 31.7 Å². The first-order chi connectivity index (χ1) is 13.7. The zero-order chi connectivity index (χ0) is 21.3. The minimum atomic E-state index is -3.38. The number of methoxy groups -OCH3 is 2. The highest BCUT2D eigenvalue weighted by Gasteiger charge is 2.20. The average molecular weight is 417 g/mol. The summed E-state index contributed by atoms with van der Waals surface area (Å²) in [5, 5.41) is 1.26. The monoisotopic (exact) mass is 417 g/mol. The molecule has 0 saturated heterocycles. The highest BCUT2D eigenvalue weighted by atomic mass is 32.2. The lowest BCUT2D eigenvalue weighted by Crippen LogP contribution is -2.25. The smallest absolute Gasteiger partial charge is 0.259 e. The average Bonchev–Trinajstić information content (AvgIpc) is 2.70. The van der Waals surface area contributed by atoms with Gasteiger partial charge in [0.15, 0.2) is 0 Å². The maximum atomic E-state index is 12.4. The van der Waals surface area contributed by atoms with E-state index >= 15 is 0 Å². The lowest BCUT2D eigenvalue weighted by Gasteiger charge is -2.20. The van der Waals surface area contributed by atoms with Crippen molar-refractivity contribution in [3.63, 3.8) is 0 Å². The van der Waals surface area contributed by atoms with Crippen LogP contribution in [0.25, 0.3) is 21.9 Å². The summed E-state index contributed by atoms with van der Waals surface area (Å²) in [4.78, 5) is 16.5. The zero-order valence-electron chi connectivity index (χ0n) is 17.0. The minimum Gasteiger partial charge on any atom is -0.496 e. The minimum absolute atomic E-state index is 0.101. The van der Waals surface area contributed by atoms with Crippen molar-refractivity contribution in [2.75, 3.05) is 27.5 Å². The fourth-order valence-corrected chi connectivity index (χ4v) is 3.54. The summed E-state index contributed by atoms with van der Waals surface area (Å²) in [7, 11) is 2.84. The molecule has 3 rings (SSSR count). The molecule has 29 heavy (non-hydrogen) atoms. The number of sulfonamides is 1. The lowest BCUT2D eigenvalue weighted by atomic mass is 9.99. The van der Waals surface area contributed by atoms with E-state index in [2.05, 4.69) is 4.98 Å². The van der Waals surface area contributed by atoms with Crippen molar-refractivity contribution in [2.24, 2.45) is 7.05 Å². The fourth-order valence-electron chi connectivity index (χ4n) is 3.18. The molecule has 154 valence electrons. The normalized spacial score (nSPS) is 11.8. The molecule has 9 heteroatoms. The van der Waals surface area contributed by atoms with Gasteiger partial charge in [0.1, 0.15) is 11.5 Å². The van der Waals surface area contributed by atoms with Crippen molar-refractivity contribution in [2.45, 2.75) is 6.54 Å². The SMILES string of the molecule is COc1cc(-c2cn(C)c(=O)c3cnccc23)cc(OC)c1CN(C)S(C)(=O)=O. The number of aryl methyl sites for hydroxylation is 1. The molecule has 0 saturated carbocycles. The predicted molar refractivity (Wildman–Crippen MR) is 112 cm³/mol. The van der Waals surface area contributed by atoms with Gasteiger partial charge >= 0.3 is 0 Å². The second-order valence-corrected chi connectivity index (χ2v) is 8.85. The molecule has 0 aliphatic rings. The highest BCUT2D eigenvalue weighted by molar-refractivity contribution is 7.88. The fraction of sp³-hybridized carbons (Fsp3) is 0.300. The zero-order valence-corrected chi connectivity index (χ0v) is 17.8. The van der Waals surface area contributed by atoms with E-state index in [-0.39, 0.29) is 12.1 Å². The van der Waals surface area contributed by atoms with E-state index in [0.29, 0.717) is 22.4 Å². The first-order valence-corrected chi connectivity index (χ1v) is 10.6. The van der Waals surface area contributed by atoms with Crippen molar-refractivity contribution in [1.29, 1.82) is 0 Å². The topological polar surface area (TPSA) is 90.7 Å². The van der Waals surface area contributed by atoms with Crippen molar-refractivity contribution in [3.05, 3.63) is 52.7 Å². The Morgan fingerprint density at radius 3 is 2.31 bits per heavy atom. The lowest BCUT2D eigenvalue weighted by molar-refractivity contribution is 0.372. The maximum absolute atomic E-state index is 12.4. The van der Waals surface area contributed by atoms with Crippen molar-refractivity contribution >= 4 is 20.8 Å². The van der Waals surface area contributed by atoms with Gasteiger partial charge in [0.2, 0.25) is 10.0 Å². The number of aromatic nitrogens is 2. The van der Waals surface area contributed by atoms with E-state index in [1.165, 1.54) is 30.1 Å². The summed E-state index contributed by atoms with van der Waals surface area (Å²) < 4.78 is 37.5. The van der Waals surface area contributed by atoms with Gasteiger partial charge in [-0.1, -0.05) is 0 Å².